The van der Waals surface area contributed by atoms with Crippen molar-refractivity contribution in [3.63, 3.8) is 0 Å². The first-order chi connectivity index (χ1) is 14.5. The molecule has 3 aromatic rings. The molecule has 0 saturated carbocycles. The fourth-order valence-corrected chi connectivity index (χ4v) is 3.29. The summed E-state index contributed by atoms with van der Waals surface area (Å²) in [5.41, 5.74) is 6.97. The van der Waals surface area contributed by atoms with Crippen molar-refractivity contribution in [3.8, 4) is 22.9 Å². The first kappa shape index (κ1) is 21.0. The molecular formula is C23H25N3O4. The number of ether oxygens (including phenoxy) is 3. The summed E-state index contributed by atoms with van der Waals surface area (Å²) in [6.45, 7) is 4.09. The Morgan fingerprint density at radius 1 is 0.867 bits per heavy atom. The molecule has 0 bridgehead atoms. The molecule has 0 spiro atoms. The molecule has 0 atom stereocenters. The van der Waals surface area contributed by atoms with E-state index >= 15 is 0 Å². The molecule has 1 heterocycles. The van der Waals surface area contributed by atoms with Crippen LogP contribution in [0.3, 0.4) is 0 Å². The summed E-state index contributed by atoms with van der Waals surface area (Å²) in [6.07, 6.45) is 1.50. The summed E-state index contributed by atoms with van der Waals surface area (Å²) in [5.74, 6) is 1.17. The zero-order chi connectivity index (χ0) is 21.7. The molecule has 0 aliphatic carbocycles. The number of methoxy groups -OCH3 is 3. The van der Waals surface area contributed by atoms with Gasteiger partial charge >= 0.3 is 0 Å². The van der Waals surface area contributed by atoms with Gasteiger partial charge in [0, 0.05) is 28.2 Å². The topological polar surface area (TPSA) is 74.1 Å². The van der Waals surface area contributed by atoms with Gasteiger partial charge in [-0.2, -0.15) is 5.10 Å². The monoisotopic (exact) mass is 407 g/mol. The minimum Gasteiger partial charge on any atom is -0.493 e. The Balaban J connectivity index is 1.74. The summed E-state index contributed by atoms with van der Waals surface area (Å²) >= 11 is 0. The van der Waals surface area contributed by atoms with Gasteiger partial charge in [0.15, 0.2) is 11.5 Å². The minimum atomic E-state index is -0.307. The molecule has 156 valence electrons. The summed E-state index contributed by atoms with van der Waals surface area (Å²) in [6, 6.07) is 15.0. The number of benzene rings is 2. The lowest BCUT2D eigenvalue weighted by molar-refractivity contribution is 0.0955. The van der Waals surface area contributed by atoms with Crippen LogP contribution in [0.15, 0.2) is 53.6 Å². The molecule has 1 N–H and O–H groups in total. The number of nitrogens with zero attached hydrogens (tertiary/aromatic N) is 2. The van der Waals surface area contributed by atoms with Gasteiger partial charge in [-0.3, -0.25) is 4.79 Å². The van der Waals surface area contributed by atoms with Crippen LogP contribution >= 0.6 is 0 Å². The summed E-state index contributed by atoms with van der Waals surface area (Å²) in [5, 5.41) is 4.05. The third-order valence-electron chi connectivity index (χ3n) is 4.76. The van der Waals surface area contributed by atoms with Crippen molar-refractivity contribution >= 4 is 12.1 Å². The SMILES string of the molecule is COc1ccc(/C=N\NC(=O)c2ccc(-n3c(C)ccc3C)cc2)c(OC)c1OC. The van der Waals surface area contributed by atoms with Gasteiger partial charge in [0.2, 0.25) is 5.75 Å². The standard InChI is InChI=1S/C23H25N3O4/c1-15-6-7-16(2)26(15)19-11-8-17(9-12-19)23(27)25-24-14-18-10-13-20(28-3)22(30-5)21(18)29-4/h6-14H,1-5H3,(H,25,27)/b24-14-. The molecule has 1 aromatic heterocycles. The first-order valence-corrected chi connectivity index (χ1v) is 9.38. The summed E-state index contributed by atoms with van der Waals surface area (Å²) in [4.78, 5) is 12.4. The fourth-order valence-electron chi connectivity index (χ4n) is 3.29. The van der Waals surface area contributed by atoms with Crippen LogP contribution in [-0.2, 0) is 0 Å². The van der Waals surface area contributed by atoms with Gasteiger partial charge in [-0.05, 0) is 62.4 Å². The average Bonchev–Trinajstić information content (AvgIpc) is 3.11. The Morgan fingerprint density at radius 2 is 1.50 bits per heavy atom. The van der Waals surface area contributed by atoms with Gasteiger partial charge in [0.05, 0.1) is 27.5 Å². The van der Waals surface area contributed by atoms with Crippen LogP contribution in [0.4, 0.5) is 0 Å². The van der Waals surface area contributed by atoms with E-state index < -0.39 is 0 Å². The molecule has 0 radical (unpaired) electrons. The highest BCUT2D eigenvalue weighted by molar-refractivity contribution is 5.95. The van der Waals surface area contributed by atoms with Crippen LogP contribution in [0.1, 0.15) is 27.3 Å². The highest BCUT2D eigenvalue weighted by atomic mass is 16.5. The predicted octanol–water partition coefficient (Wildman–Crippen LogP) is 3.88. The molecule has 7 nitrogen and oxygen atoms in total. The Hall–Kier alpha value is -3.74. The van der Waals surface area contributed by atoms with E-state index in [4.69, 9.17) is 14.2 Å². The fraction of sp³-hybridized carbons (Fsp3) is 0.217. The number of aryl methyl sites for hydroxylation is 2. The van der Waals surface area contributed by atoms with Gasteiger partial charge in [0.25, 0.3) is 5.91 Å². The molecule has 1 amide bonds. The number of nitrogens with one attached hydrogen (secondary N) is 1. The van der Waals surface area contributed by atoms with Gasteiger partial charge in [-0.25, -0.2) is 5.43 Å². The van der Waals surface area contributed by atoms with Crippen LogP contribution in [0.25, 0.3) is 5.69 Å². The maximum atomic E-state index is 12.4. The molecule has 0 fully saturated rings. The average molecular weight is 407 g/mol. The number of carbonyl (C=O) groups excluding carboxylic acids is 1. The molecule has 0 aliphatic rings. The van der Waals surface area contributed by atoms with E-state index in [1.165, 1.54) is 20.4 Å². The molecule has 3 rings (SSSR count). The third kappa shape index (κ3) is 4.15. The zero-order valence-corrected chi connectivity index (χ0v) is 17.7. The molecule has 7 heteroatoms. The van der Waals surface area contributed by atoms with Crippen molar-refractivity contribution < 1.29 is 19.0 Å². The van der Waals surface area contributed by atoms with Crippen molar-refractivity contribution in [2.24, 2.45) is 5.10 Å². The van der Waals surface area contributed by atoms with Gasteiger partial charge < -0.3 is 18.8 Å². The predicted molar refractivity (Wildman–Crippen MR) is 116 cm³/mol. The molecular weight excluding hydrogens is 382 g/mol. The zero-order valence-electron chi connectivity index (χ0n) is 17.7. The first-order valence-electron chi connectivity index (χ1n) is 9.38. The van der Waals surface area contributed by atoms with Gasteiger partial charge in [-0.1, -0.05) is 0 Å². The second kappa shape index (κ2) is 9.17. The van der Waals surface area contributed by atoms with E-state index in [2.05, 4.69) is 27.2 Å². The van der Waals surface area contributed by atoms with E-state index in [-0.39, 0.29) is 5.91 Å². The number of hydrogen-bond donors (Lipinski definition) is 1. The van der Waals surface area contributed by atoms with E-state index in [0.29, 0.717) is 28.4 Å². The lowest BCUT2D eigenvalue weighted by atomic mass is 10.2. The maximum absolute atomic E-state index is 12.4. The van der Waals surface area contributed by atoms with Crippen molar-refractivity contribution in [1.82, 2.24) is 9.99 Å². The lowest BCUT2D eigenvalue weighted by Gasteiger charge is -2.13. The number of carbonyl (C=O) groups is 1. The van der Waals surface area contributed by atoms with Crippen LogP contribution in [0.5, 0.6) is 17.2 Å². The van der Waals surface area contributed by atoms with E-state index in [1.54, 1.807) is 31.4 Å². The van der Waals surface area contributed by atoms with Crippen LogP contribution in [0, 0.1) is 13.8 Å². The Labute approximate surface area is 175 Å². The third-order valence-corrected chi connectivity index (χ3v) is 4.76. The van der Waals surface area contributed by atoms with Crippen LogP contribution in [0.2, 0.25) is 0 Å². The number of aromatic nitrogens is 1. The number of amides is 1. The number of hydrazone groups is 1. The second-order valence-corrected chi connectivity index (χ2v) is 6.62. The maximum Gasteiger partial charge on any atom is 0.271 e. The smallest absolute Gasteiger partial charge is 0.271 e. The van der Waals surface area contributed by atoms with E-state index in [0.717, 1.165) is 17.1 Å². The summed E-state index contributed by atoms with van der Waals surface area (Å²) in [7, 11) is 4.61. The largest absolute Gasteiger partial charge is 0.493 e. The lowest BCUT2D eigenvalue weighted by Crippen LogP contribution is -2.17. The molecule has 0 unspecified atom stereocenters. The van der Waals surface area contributed by atoms with Crippen molar-refractivity contribution in [1.29, 1.82) is 0 Å². The highest BCUT2D eigenvalue weighted by Crippen LogP contribution is 2.38. The van der Waals surface area contributed by atoms with Crippen molar-refractivity contribution in [2.45, 2.75) is 13.8 Å². The highest BCUT2D eigenvalue weighted by Gasteiger charge is 2.14. The minimum absolute atomic E-state index is 0.307. The molecule has 30 heavy (non-hydrogen) atoms. The molecule has 2 aromatic carbocycles. The quantitative estimate of drug-likeness (QED) is 0.476. The van der Waals surface area contributed by atoms with Crippen molar-refractivity contribution in [2.75, 3.05) is 21.3 Å². The van der Waals surface area contributed by atoms with E-state index in [1.807, 2.05) is 26.0 Å². The Bertz CT molecular complexity index is 1050. The Kier molecular flexibility index (Phi) is 6.41. The summed E-state index contributed by atoms with van der Waals surface area (Å²) < 4.78 is 18.2. The van der Waals surface area contributed by atoms with Crippen molar-refractivity contribution in [3.05, 3.63) is 71.0 Å². The normalized spacial score (nSPS) is 10.8. The Morgan fingerprint density at radius 3 is 2.07 bits per heavy atom. The number of hydrogen-bond acceptors (Lipinski definition) is 5. The molecule has 0 saturated heterocycles. The van der Waals surface area contributed by atoms with E-state index in [9.17, 15) is 4.79 Å². The molecule has 0 aliphatic heterocycles. The van der Waals surface area contributed by atoms with Gasteiger partial charge in [0.1, 0.15) is 0 Å². The van der Waals surface area contributed by atoms with Gasteiger partial charge in [-0.15, -0.1) is 0 Å². The number of rotatable bonds is 7. The second-order valence-electron chi connectivity index (χ2n) is 6.62. The van der Waals surface area contributed by atoms with Crippen LogP contribution in [-0.4, -0.2) is 38.0 Å². The van der Waals surface area contributed by atoms with Crippen LogP contribution < -0.4 is 19.6 Å².